The van der Waals surface area contributed by atoms with E-state index in [0.29, 0.717) is 18.5 Å². The lowest BCUT2D eigenvalue weighted by molar-refractivity contribution is -0.117. The molecule has 0 aliphatic carbocycles. The summed E-state index contributed by atoms with van der Waals surface area (Å²) in [6, 6.07) is 11.4. The van der Waals surface area contributed by atoms with Crippen LogP contribution in [0.25, 0.3) is 5.69 Å². The predicted molar refractivity (Wildman–Crippen MR) is 100 cm³/mol. The number of hydrogen-bond donors (Lipinski definition) is 2. The average Bonchev–Trinajstić information content (AvgIpc) is 3.06. The molecule has 0 saturated carbocycles. The summed E-state index contributed by atoms with van der Waals surface area (Å²) in [6.07, 6.45) is 6.42. The third-order valence-electron chi connectivity index (χ3n) is 4.17. The Morgan fingerprint density at radius 3 is 2.62 bits per heavy atom. The number of imidazole rings is 1. The Hall–Kier alpha value is -3.19. The lowest BCUT2D eigenvalue weighted by atomic mass is 10.1. The van der Waals surface area contributed by atoms with Crippen molar-refractivity contribution < 1.29 is 4.79 Å². The summed E-state index contributed by atoms with van der Waals surface area (Å²) in [5.74, 6) is 0.648. The summed E-state index contributed by atoms with van der Waals surface area (Å²) in [6.45, 7) is 0. The highest BCUT2D eigenvalue weighted by molar-refractivity contribution is 5.94. The van der Waals surface area contributed by atoms with Crippen molar-refractivity contribution in [1.29, 1.82) is 0 Å². The molecule has 0 saturated heterocycles. The van der Waals surface area contributed by atoms with Crippen LogP contribution in [0.5, 0.6) is 0 Å². The standard InChI is InChI=1S/C19H21N5O2/c1-23-13-11-21-17(23)10-9-16(20)19(26)22-14-5-7-15(8-6-14)24-12-3-2-4-18(24)25/h2-8,11-13,16H,9-10,20H2,1H3,(H,22,26). The van der Waals surface area contributed by atoms with Gasteiger partial charge < -0.3 is 15.6 Å². The molecule has 3 rings (SSSR count). The highest BCUT2D eigenvalue weighted by atomic mass is 16.2. The molecule has 3 N–H and O–H groups in total. The van der Waals surface area contributed by atoms with Crippen LogP contribution in [0.2, 0.25) is 0 Å². The summed E-state index contributed by atoms with van der Waals surface area (Å²) in [5.41, 5.74) is 7.23. The van der Waals surface area contributed by atoms with Crippen LogP contribution in [0.15, 0.2) is 65.8 Å². The number of rotatable bonds is 6. The van der Waals surface area contributed by atoms with Gasteiger partial charge in [0.2, 0.25) is 5.91 Å². The Morgan fingerprint density at radius 1 is 1.19 bits per heavy atom. The van der Waals surface area contributed by atoms with Gasteiger partial charge >= 0.3 is 0 Å². The van der Waals surface area contributed by atoms with Crippen LogP contribution in [0, 0.1) is 0 Å². The SMILES string of the molecule is Cn1ccnc1CCC(N)C(=O)Nc1ccc(-n2ccccc2=O)cc1. The van der Waals surface area contributed by atoms with E-state index >= 15 is 0 Å². The number of hydrogen-bond acceptors (Lipinski definition) is 4. The van der Waals surface area contributed by atoms with Crippen LogP contribution in [0.4, 0.5) is 5.69 Å². The number of amides is 1. The van der Waals surface area contributed by atoms with E-state index in [1.54, 1.807) is 48.8 Å². The first-order valence-corrected chi connectivity index (χ1v) is 8.35. The van der Waals surface area contributed by atoms with Crippen LogP contribution in [0.3, 0.4) is 0 Å². The van der Waals surface area contributed by atoms with E-state index in [9.17, 15) is 9.59 Å². The lowest BCUT2D eigenvalue weighted by Gasteiger charge is -2.13. The lowest BCUT2D eigenvalue weighted by Crippen LogP contribution is -2.36. The summed E-state index contributed by atoms with van der Waals surface area (Å²) >= 11 is 0. The number of nitrogens with two attached hydrogens (primary N) is 1. The monoisotopic (exact) mass is 351 g/mol. The second-order valence-electron chi connectivity index (χ2n) is 6.04. The maximum Gasteiger partial charge on any atom is 0.255 e. The molecule has 0 bridgehead atoms. The van der Waals surface area contributed by atoms with Crippen molar-refractivity contribution in [2.75, 3.05) is 5.32 Å². The van der Waals surface area contributed by atoms with Gasteiger partial charge in [0.05, 0.1) is 6.04 Å². The van der Waals surface area contributed by atoms with Crippen molar-refractivity contribution in [2.24, 2.45) is 12.8 Å². The first-order valence-electron chi connectivity index (χ1n) is 8.35. The Labute approximate surface area is 151 Å². The largest absolute Gasteiger partial charge is 0.338 e. The number of aryl methyl sites for hydroxylation is 2. The quantitative estimate of drug-likeness (QED) is 0.703. The highest BCUT2D eigenvalue weighted by Gasteiger charge is 2.14. The molecule has 2 heterocycles. The number of aromatic nitrogens is 3. The molecule has 2 aromatic heterocycles. The topological polar surface area (TPSA) is 94.9 Å². The number of carbonyl (C=O) groups excluding carboxylic acids is 1. The van der Waals surface area contributed by atoms with E-state index < -0.39 is 6.04 Å². The van der Waals surface area contributed by atoms with E-state index in [1.807, 2.05) is 17.8 Å². The zero-order chi connectivity index (χ0) is 18.5. The van der Waals surface area contributed by atoms with E-state index in [0.717, 1.165) is 11.5 Å². The number of anilines is 1. The fraction of sp³-hybridized carbons (Fsp3) is 0.211. The predicted octanol–water partition coefficient (Wildman–Crippen LogP) is 1.47. The van der Waals surface area contributed by atoms with E-state index in [1.165, 1.54) is 10.6 Å². The molecule has 1 amide bonds. The van der Waals surface area contributed by atoms with Crippen molar-refractivity contribution in [1.82, 2.24) is 14.1 Å². The molecular formula is C19H21N5O2. The van der Waals surface area contributed by atoms with Crippen LogP contribution in [0.1, 0.15) is 12.2 Å². The van der Waals surface area contributed by atoms with Gasteiger partial charge in [0.25, 0.3) is 5.56 Å². The van der Waals surface area contributed by atoms with Gasteiger partial charge in [0, 0.05) is 49.5 Å². The molecule has 7 heteroatoms. The molecule has 1 unspecified atom stereocenters. The van der Waals surface area contributed by atoms with E-state index in [-0.39, 0.29) is 11.5 Å². The van der Waals surface area contributed by atoms with Crippen molar-refractivity contribution in [3.05, 3.63) is 77.2 Å². The van der Waals surface area contributed by atoms with Crippen molar-refractivity contribution in [3.63, 3.8) is 0 Å². The van der Waals surface area contributed by atoms with Crippen molar-refractivity contribution in [3.8, 4) is 5.69 Å². The normalized spacial score (nSPS) is 11.9. The number of pyridine rings is 1. The Bertz CT molecular complexity index is 943. The van der Waals surface area contributed by atoms with Gasteiger partial charge in [-0.25, -0.2) is 4.98 Å². The zero-order valence-corrected chi connectivity index (χ0v) is 14.5. The molecule has 26 heavy (non-hydrogen) atoms. The molecule has 1 atom stereocenters. The number of benzene rings is 1. The van der Waals surface area contributed by atoms with Gasteiger partial charge in [0.1, 0.15) is 5.82 Å². The second-order valence-corrected chi connectivity index (χ2v) is 6.04. The minimum atomic E-state index is -0.622. The molecule has 1 aromatic carbocycles. The third kappa shape index (κ3) is 4.07. The molecule has 0 spiro atoms. The fourth-order valence-corrected chi connectivity index (χ4v) is 2.63. The van der Waals surface area contributed by atoms with Gasteiger partial charge in [-0.1, -0.05) is 6.07 Å². The van der Waals surface area contributed by atoms with Gasteiger partial charge in [-0.2, -0.15) is 0 Å². The van der Waals surface area contributed by atoms with Gasteiger partial charge in [-0.15, -0.1) is 0 Å². The number of nitrogens with one attached hydrogen (secondary N) is 1. The Morgan fingerprint density at radius 2 is 1.96 bits per heavy atom. The van der Waals surface area contributed by atoms with Gasteiger partial charge in [-0.05, 0) is 36.8 Å². The molecule has 3 aromatic rings. The number of carbonyl (C=O) groups is 1. The van der Waals surface area contributed by atoms with Crippen LogP contribution < -0.4 is 16.6 Å². The minimum absolute atomic E-state index is 0.111. The molecule has 0 aliphatic rings. The maximum absolute atomic E-state index is 12.2. The third-order valence-corrected chi connectivity index (χ3v) is 4.17. The molecular weight excluding hydrogens is 330 g/mol. The molecule has 0 aliphatic heterocycles. The zero-order valence-electron chi connectivity index (χ0n) is 14.5. The fourth-order valence-electron chi connectivity index (χ4n) is 2.63. The highest BCUT2D eigenvalue weighted by Crippen LogP contribution is 2.13. The first kappa shape index (κ1) is 17.6. The van der Waals surface area contributed by atoms with Crippen LogP contribution in [-0.4, -0.2) is 26.1 Å². The average molecular weight is 351 g/mol. The molecule has 134 valence electrons. The first-order chi connectivity index (χ1) is 12.5. The summed E-state index contributed by atoms with van der Waals surface area (Å²) in [7, 11) is 1.91. The summed E-state index contributed by atoms with van der Waals surface area (Å²) in [5, 5.41) is 2.80. The van der Waals surface area contributed by atoms with Crippen LogP contribution in [-0.2, 0) is 18.3 Å². The van der Waals surface area contributed by atoms with E-state index in [4.69, 9.17) is 5.73 Å². The molecule has 0 fully saturated rings. The summed E-state index contributed by atoms with van der Waals surface area (Å²) < 4.78 is 3.44. The van der Waals surface area contributed by atoms with Crippen molar-refractivity contribution >= 4 is 11.6 Å². The van der Waals surface area contributed by atoms with E-state index in [2.05, 4.69) is 10.3 Å². The maximum atomic E-state index is 12.2. The Kier molecular flexibility index (Phi) is 5.28. The Balaban J connectivity index is 1.60. The molecule has 0 radical (unpaired) electrons. The smallest absolute Gasteiger partial charge is 0.255 e. The second kappa shape index (κ2) is 7.79. The summed E-state index contributed by atoms with van der Waals surface area (Å²) in [4.78, 5) is 28.3. The number of nitrogens with zero attached hydrogens (tertiary/aromatic N) is 3. The van der Waals surface area contributed by atoms with Crippen molar-refractivity contribution in [2.45, 2.75) is 18.9 Å². The minimum Gasteiger partial charge on any atom is -0.338 e. The van der Waals surface area contributed by atoms with Crippen LogP contribution >= 0.6 is 0 Å². The van der Waals surface area contributed by atoms with Gasteiger partial charge in [0.15, 0.2) is 0 Å². The van der Waals surface area contributed by atoms with Gasteiger partial charge in [-0.3, -0.25) is 14.2 Å². The molecule has 7 nitrogen and oxygen atoms in total.